The average molecular weight is 267 g/mol. The number of amides is 1. The normalized spacial score (nSPS) is 27.2. The molecule has 2 fully saturated rings. The fourth-order valence-corrected chi connectivity index (χ4v) is 3.19. The monoisotopic (exact) mass is 267 g/mol. The van der Waals surface area contributed by atoms with E-state index in [9.17, 15) is 4.79 Å². The Morgan fingerprint density at radius 2 is 2.21 bits per heavy atom. The fourth-order valence-electron chi connectivity index (χ4n) is 3.19. The molecule has 1 aliphatic heterocycles. The van der Waals surface area contributed by atoms with Crippen molar-refractivity contribution < 1.29 is 4.79 Å². The van der Waals surface area contributed by atoms with Gasteiger partial charge in [-0.15, -0.1) is 0 Å². The minimum Gasteiger partial charge on any atom is -0.354 e. The largest absolute Gasteiger partial charge is 0.354 e. The number of hydrogen-bond donors (Lipinski definition) is 2. The molecule has 1 aliphatic carbocycles. The second kappa shape index (κ2) is 6.23. The molecule has 1 atom stereocenters. The second-order valence-electron chi connectivity index (χ2n) is 6.35. The van der Waals surface area contributed by atoms with Crippen LogP contribution in [0, 0.1) is 11.3 Å². The molecule has 110 valence electrons. The highest BCUT2D eigenvalue weighted by Crippen LogP contribution is 2.34. The number of rotatable bonds is 7. The molecule has 0 aromatic rings. The zero-order valence-electron chi connectivity index (χ0n) is 12.7. The highest BCUT2D eigenvalue weighted by molar-refractivity contribution is 5.83. The third-order valence-electron chi connectivity index (χ3n) is 4.90. The molecule has 2 aliphatic rings. The first kappa shape index (κ1) is 14.8. The fraction of sp³-hybridized carbons (Fsp3) is 0.933. The van der Waals surface area contributed by atoms with Crippen molar-refractivity contribution in [3.05, 3.63) is 0 Å². The minimum atomic E-state index is -0.184. The molecule has 0 spiro atoms. The molecule has 1 amide bonds. The van der Waals surface area contributed by atoms with Crippen LogP contribution in [0.4, 0.5) is 0 Å². The maximum atomic E-state index is 12.5. The molecular formula is C15H29N3O. The third-order valence-corrected chi connectivity index (χ3v) is 4.90. The lowest BCUT2D eigenvalue weighted by Crippen LogP contribution is -2.48. The Balaban J connectivity index is 1.79. The molecule has 2 rings (SSSR count). The lowest BCUT2D eigenvalue weighted by atomic mass is 9.75. The maximum Gasteiger partial charge on any atom is 0.227 e. The van der Waals surface area contributed by atoms with Gasteiger partial charge in [-0.1, -0.05) is 20.8 Å². The summed E-state index contributed by atoms with van der Waals surface area (Å²) in [5, 5.41) is 6.52. The SMILES string of the molecule is CCN(CCNC(=O)C1(C(C)C)CCNC1)C1CC1. The Morgan fingerprint density at radius 1 is 1.47 bits per heavy atom. The molecule has 1 saturated carbocycles. The second-order valence-corrected chi connectivity index (χ2v) is 6.35. The Morgan fingerprint density at radius 3 is 2.68 bits per heavy atom. The summed E-state index contributed by atoms with van der Waals surface area (Å²) in [5.41, 5.74) is -0.184. The van der Waals surface area contributed by atoms with Gasteiger partial charge < -0.3 is 10.6 Å². The van der Waals surface area contributed by atoms with Crippen molar-refractivity contribution >= 4 is 5.91 Å². The smallest absolute Gasteiger partial charge is 0.227 e. The van der Waals surface area contributed by atoms with Crippen LogP contribution in [0.5, 0.6) is 0 Å². The first-order valence-corrected chi connectivity index (χ1v) is 7.83. The summed E-state index contributed by atoms with van der Waals surface area (Å²) in [4.78, 5) is 15.0. The van der Waals surface area contributed by atoms with E-state index in [4.69, 9.17) is 0 Å². The van der Waals surface area contributed by atoms with Crippen molar-refractivity contribution in [1.82, 2.24) is 15.5 Å². The standard InChI is InChI=1S/C15H29N3O/c1-4-18(13-5-6-13)10-9-17-14(19)15(12(2)3)7-8-16-11-15/h12-13,16H,4-11H2,1-3H3,(H,17,19). The van der Waals surface area contributed by atoms with Crippen LogP contribution in [-0.4, -0.2) is 49.6 Å². The van der Waals surface area contributed by atoms with E-state index >= 15 is 0 Å². The lowest BCUT2D eigenvalue weighted by Gasteiger charge is -2.31. The van der Waals surface area contributed by atoms with Gasteiger partial charge in [0.2, 0.25) is 5.91 Å². The third kappa shape index (κ3) is 3.29. The molecule has 0 radical (unpaired) electrons. The highest BCUT2D eigenvalue weighted by atomic mass is 16.2. The molecule has 4 heteroatoms. The average Bonchev–Trinajstić information content (AvgIpc) is 3.09. The van der Waals surface area contributed by atoms with Gasteiger partial charge in [0.25, 0.3) is 0 Å². The van der Waals surface area contributed by atoms with Crippen LogP contribution >= 0.6 is 0 Å². The van der Waals surface area contributed by atoms with E-state index in [1.807, 2.05) is 0 Å². The summed E-state index contributed by atoms with van der Waals surface area (Å²) in [7, 11) is 0. The van der Waals surface area contributed by atoms with E-state index in [-0.39, 0.29) is 11.3 Å². The maximum absolute atomic E-state index is 12.5. The van der Waals surface area contributed by atoms with Crippen LogP contribution in [0.25, 0.3) is 0 Å². The highest BCUT2D eigenvalue weighted by Gasteiger charge is 2.43. The van der Waals surface area contributed by atoms with Crippen LogP contribution in [0.15, 0.2) is 0 Å². The Bertz CT molecular complexity index is 307. The van der Waals surface area contributed by atoms with Crippen molar-refractivity contribution in [2.24, 2.45) is 11.3 Å². The first-order chi connectivity index (χ1) is 9.10. The van der Waals surface area contributed by atoms with Gasteiger partial charge >= 0.3 is 0 Å². The topological polar surface area (TPSA) is 44.4 Å². The van der Waals surface area contributed by atoms with E-state index in [1.165, 1.54) is 12.8 Å². The van der Waals surface area contributed by atoms with E-state index in [2.05, 4.69) is 36.3 Å². The summed E-state index contributed by atoms with van der Waals surface area (Å²) in [6.45, 7) is 11.2. The summed E-state index contributed by atoms with van der Waals surface area (Å²) < 4.78 is 0. The summed E-state index contributed by atoms with van der Waals surface area (Å²) in [6, 6.07) is 0.786. The van der Waals surface area contributed by atoms with Crippen LogP contribution < -0.4 is 10.6 Å². The molecule has 4 nitrogen and oxygen atoms in total. The van der Waals surface area contributed by atoms with Gasteiger partial charge in [0, 0.05) is 25.7 Å². The Hall–Kier alpha value is -0.610. The molecule has 0 bridgehead atoms. The first-order valence-electron chi connectivity index (χ1n) is 7.83. The predicted octanol–water partition coefficient (Wildman–Crippen LogP) is 1.22. The number of carbonyl (C=O) groups excluding carboxylic acids is 1. The van der Waals surface area contributed by atoms with Gasteiger partial charge in [-0.2, -0.15) is 0 Å². The van der Waals surface area contributed by atoms with E-state index in [1.54, 1.807) is 0 Å². The number of nitrogens with zero attached hydrogens (tertiary/aromatic N) is 1. The van der Waals surface area contributed by atoms with Crippen LogP contribution in [0.3, 0.4) is 0 Å². The predicted molar refractivity (Wildman–Crippen MR) is 78.0 cm³/mol. The number of likely N-dealkylation sites (N-methyl/N-ethyl adjacent to an activating group) is 1. The zero-order chi connectivity index (χ0) is 13.9. The number of nitrogens with one attached hydrogen (secondary N) is 2. The molecule has 2 N–H and O–H groups in total. The molecule has 1 unspecified atom stereocenters. The van der Waals surface area contributed by atoms with Crippen molar-refractivity contribution in [2.75, 3.05) is 32.7 Å². The van der Waals surface area contributed by atoms with Crippen molar-refractivity contribution in [3.63, 3.8) is 0 Å². The number of carbonyl (C=O) groups is 1. The number of hydrogen-bond acceptors (Lipinski definition) is 3. The Labute approximate surface area is 117 Å². The molecule has 0 aromatic heterocycles. The van der Waals surface area contributed by atoms with Crippen molar-refractivity contribution in [1.29, 1.82) is 0 Å². The molecule has 1 saturated heterocycles. The van der Waals surface area contributed by atoms with Crippen LogP contribution in [0.1, 0.15) is 40.0 Å². The minimum absolute atomic E-state index is 0.184. The van der Waals surface area contributed by atoms with Gasteiger partial charge in [0.05, 0.1) is 5.41 Å². The van der Waals surface area contributed by atoms with E-state index in [0.717, 1.165) is 45.2 Å². The van der Waals surface area contributed by atoms with Gasteiger partial charge in [-0.05, 0) is 38.3 Å². The molecule has 1 heterocycles. The van der Waals surface area contributed by atoms with Crippen molar-refractivity contribution in [2.45, 2.75) is 46.1 Å². The van der Waals surface area contributed by atoms with Crippen LogP contribution in [-0.2, 0) is 4.79 Å². The zero-order valence-corrected chi connectivity index (χ0v) is 12.7. The summed E-state index contributed by atoms with van der Waals surface area (Å²) in [6.07, 6.45) is 3.64. The van der Waals surface area contributed by atoms with E-state index < -0.39 is 0 Å². The van der Waals surface area contributed by atoms with Gasteiger partial charge in [0.1, 0.15) is 0 Å². The van der Waals surface area contributed by atoms with E-state index in [0.29, 0.717) is 5.92 Å². The van der Waals surface area contributed by atoms with Crippen LogP contribution in [0.2, 0.25) is 0 Å². The van der Waals surface area contributed by atoms with Gasteiger partial charge in [0.15, 0.2) is 0 Å². The van der Waals surface area contributed by atoms with Crippen molar-refractivity contribution in [3.8, 4) is 0 Å². The van der Waals surface area contributed by atoms with Gasteiger partial charge in [-0.3, -0.25) is 9.69 Å². The Kier molecular flexibility index (Phi) is 4.85. The van der Waals surface area contributed by atoms with Gasteiger partial charge in [-0.25, -0.2) is 0 Å². The quantitative estimate of drug-likeness (QED) is 0.729. The summed E-state index contributed by atoms with van der Waals surface area (Å²) in [5.74, 6) is 0.646. The molecule has 0 aromatic carbocycles. The summed E-state index contributed by atoms with van der Waals surface area (Å²) >= 11 is 0. The molecular weight excluding hydrogens is 238 g/mol. The molecule has 19 heavy (non-hydrogen) atoms. The lowest BCUT2D eigenvalue weighted by molar-refractivity contribution is -0.132.